The van der Waals surface area contributed by atoms with E-state index in [0.29, 0.717) is 0 Å². The maximum atomic E-state index is 12.8. The molecule has 0 amide bonds. The topological polar surface area (TPSA) is 0 Å². The fourth-order valence-corrected chi connectivity index (χ4v) is 1.26. The Labute approximate surface area is 77.1 Å². The minimum Gasteiger partial charge on any atom is -0.203 e. The lowest BCUT2D eigenvalue weighted by atomic mass is 10.1. The Morgan fingerprint density at radius 1 is 0.923 bits per heavy atom. The maximum Gasteiger partial charge on any atom is 0.197 e. The van der Waals surface area contributed by atoms with Gasteiger partial charge in [0, 0.05) is 5.56 Å². The first-order valence-electron chi connectivity index (χ1n) is 3.38. The molecule has 0 aliphatic rings. The molecule has 0 saturated heterocycles. The van der Waals surface area contributed by atoms with Crippen molar-refractivity contribution in [2.24, 2.45) is 0 Å². The number of halogens is 5. The van der Waals surface area contributed by atoms with Gasteiger partial charge in [-0.25, -0.2) is 17.6 Å². The van der Waals surface area contributed by atoms with Crippen LogP contribution in [0.4, 0.5) is 17.6 Å². The van der Waals surface area contributed by atoms with Gasteiger partial charge in [-0.1, -0.05) is 0 Å². The van der Waals surface area contributed by atoms with E-state index in [0.717, 1.165) is 6.92 Å². The first-order valence-corrected chi connectivity index (χ1v) is 3.91. The maximum absolute atomic E-state index is 12.8. The van der Waals surface area contributed by atoms with Gasteiger partial charge in [0.1, 0.15) is 0 Å². The van der Waals surface area contributed by atoms with Gasteiger partial charge in [0.05, 0.1) is 5.88 Å². The summed E-state index contributed by atoms with van der Waals surface area (Å²) in [5.74, 6) is -6.84. The summed E-state index contributed by atoms with van der Waals surface area (Å²) in [5, 5.41) is 0. The Morgan fingerprint density at radius 3 is 1.85 bits per heavy atom. The van der Waals surface area contributed by atoms with Crippen LogP contribution in [0.3, 0.4) is 0 Å². The van der Waals surface area contributed by atoms with E-state index in [1.807, 2.05) is 0 Å². The van der Waals surface area contributed by atoms with Crippen molar-refractivity contribution in [1.82, 2.24) is 0 Å². The molecule has 0 aliphatic carbocycles. The van der Waals surface area contributed by atoms with Crippen LogP contribution in [0.15, 0.2) is 0 Å². The quantitative estimate of drug-likeness (QED) is 0.290. The zero-order chi connectivity index (χ0) is 10.2. The van der Waals surface area contributed by atoms with Gasteiger partial charge in [0.15, 0.2) is 23.3 Å². The molecule has 0 spiro atoms. The third-order valence-electron chi connectivity index (χ3n) is 1.76. The van der Waals surface area contributed by atoms with E-state index in [1.165, 1.54) is 0 Å². The summed E-state index contributed by atoms with van der Waals surface area (Å²) in [5.41, 5.74) is -0.649. The monoisotopic (exact) mass is 212 g/mol. The number of alkyl halides is 1. The van der Waals surface area contributed by atoms with Gasteiger partial charge in [-0.2, -0.15) is 0 Å². The van der Waals surface area contributed by atoms with Gasteiger partial charge < -0.3 is 0 Å². The molecule has 0 saturated carbocycles. The third kappa shape index (κ3) is 1.50. The van der Waals surface area contributed by atoms with Gasteiger partial charge in [0.2, 0.25) is 0 Å². The molecule has 0 aliphatic heterocycles. The average Bonchev–Trinajstić information content (AvgIpc) is 2.13. The molecule has 0 radical (unpaired) electrons. The molecule has 0 N–H and O–H groups in total. The molecule has 1 aromatic rings. The molecular formula is C8H5ClF4. The van der Waals surface area contributed by atoms with E-state index in [1.54, 1.807) is 0 Å². The lowest BCUT2D eigenvalue weighted by Gasteiger charge is -2.06. The van der Waals surface area contributed by atoms with Crippen molar-refractivity contribution in [3.63, 3.8) is 0 Å². The van der Waals surface area contributed by atoms with Crippen molar-refractivity contribution in [2.75, 3.05) is 0 Å². The van der Waals surface area contributed by atoms with Crippen molar-refractivity contribution in [2.45, 2.75) is 12.8 Å². The van der Waals surface area contributed by atoms with Crippen LogP contribution in [-0.4, -0.2) is 0 Å². The summed E-state index contributed by atoms with van der Waals surface area (Å²) < 4.78 is 50.7. The van der Waals surface area contributed by atoms with Crippen molar-refractivity contribution in [1.29, 1.82) is 0 Å². The van der Waals surface area contributed by atoms with Crippen LogP contribution in [0.1, 0.15) is 11.1 Å². The highest BCUT2D eigenvalue weighted by molar-refractivity contribution is 6.17. The summed E-state index contributed by atoms with van der Waals surface area (Å²) in [6.07, 6.45) is 0. The second-order valence-corrected chi connectivity index (χ2v) is 2.76. The van der Waals surface area contributed by atoms with Crippen LogP contribution in [-0.2, 0) is 5.88 Å². The predicted octanol–water partition coefficient (Wildman–Crippen LogP) is 3.29. The Balaban J connectivity index is 3.56. The van der Waals surface area contributed by atoms with Gasteiger partial charge in [-0.05, 0) is 12.5 Å². The minimum absolute atomic E-state index is 0.300. The Bertz CT molecular complexity index is 319. The molecule has 1 rings (SSSR count). The molecule has 0 unspecified atom stereocenters. The molecule has 0 fully saturated rings. The van der Waals surface area contributed by atoms with Gasteiger partial charge in [0.25, 0.3) is 0 Å². The molecular weight excluding hydrogens is 208 g/mol. The van der Waals surface area contributed by atoms with E-state index in [2.05, 4.69) is 0 Å². The van der Waals surface area contributed by atoms with E-state index < -0.39 is 29.1 Å². The predicted molar refractivity (Wildman–Crippen MR) is 40.6 cm³/mol. The van der Waals surface area contributed by atoms with Crippen LogP contribution >= 0.6 is 11.6 Å². The fourth-order valence-electron chi connectivity index (χ4n) is 0.946. The lowest BCUT2D eigenvalue weighted by molar-refractivity contribution is 0.402. The SMILES string of the molecule is Cc1c(F)c(F)c(F)c(F)c1CCl. The molecule has 1 aromatic carbocycles. The third-order valence-corrected chi connectivity index (χ3v) is 2.03. The zero-order valence-corrected chi connectivity index (χ0v) is 7.35. The summed E-state index contributed by atoms with van der Waals surface area (Å²) in [4.78, 5) is 0. The summed E-state index contributed by atoms with van der Waals surface area (Å²) in [6, 6.07) is 0. The van der Waals surface area contributed by atoms with Gasteiger partial charge in [-0.15, -0.1) is 11.6 Å². The largest absolute Gasteiger partial charge is 0.203 e. The van der Waals surface area contributed by atoms with E-state index in [9.17, 15) is 17.6 Å². The molecule has 5 heteroatoms. The van der Waals surface area contributed by atoms with E-state index in [4.69, 9.17) is 11.6 Å². The molecule has 0 aromatic heterocycles. The summed E-state index contributed by atoms with van der Waals surface area (Å²) in [7, 11) is 0. The first-order chi connectivity index (χ1) is 6.00. The average molecular weight is 213 g/mol. The highest BCUT2D eigenvalue weighted by atomic mass is 35.5. The van der Waals surface area contributed by atoms with Crippen molar-refractivity contribution < 1.29 is 17.6 Å². The van der Waals surface area contributed by atoms with Gasteiger partial charge in [-0.3, -0.25) is 0 Å². The van der Waals surface area contributed by atoms with Crippen molar-refractivity contribution in [3.05, 3.63) is 34.4 Å². The number of benzene rings is 1. The van der Waals surface area contributed by atoms with Crippen LogP contribution in [0.5, 0.6) is 0 Å². The molecule has 0 heterocycles. The van der Waals surface area contributed by atoms with Crippen molar-refractivity contribution >= 4 is 11.6 Å². The standard InChI is InChI=1S/C8H5ClF4/c1-3-4(2-9)6(11)8(13)7(12)5(3)10/h2H2,1H3. The zero-order valence-electron chi connectivity index (χ0n) is 6.60. The van der Waals surface area contributed by atoms with Crippen LogP contribution in [0.2, 0.25) is 0 Å². The molecule has 0 nitrogen and oxygen atoms in total. The molecule has 13 heavy (non-hydrogen) atoms. The fraction of sp³-hybridized carbons (Fsp3) is 0.250. The van der Waals surface area contributed by atoms with E-state index >= 15 is 0 Å². The Kier molecular flexibility index (Phi) is 2.81. The smallest absolute Gasteiger partial charge is 0.197 e. The second-order valence-electron chi connectivity index (χ2n) is 2.49. The Morgan fingerprint density at radius 2 is 1.38 bits per heavy atom. The number of hydrogen-bond donors (Lipinski definition) is 0. The van der Waals surface area contributed by atoms with E-state index in [-0.39, 0.29) is 11.1 Å². The first kappa shape index (κ1) is 10.3. The van der Waals surface area contributed by atoms with Crippen molar-refractivity contribution in [3.8, 4) is 0 Å². The lowest BCUT2D eigenvalue weighted by Crippen LogP contribution is -2.04. The normalized spacial score (nSPS) is 10.6. The minimum atomic E-state index is -1.82. The molecule has 0 bridgehead atoms. The highest BCUT2D eigenvalue weighted by Crippen LogP contribution is 2.24. The van der Waals surface area contributed by atoms with Crippen LogP contribution in [0, 0.1) is 30.2 Å². The Hall–Kier alpha value is -0.770. The second kappa shape index (κ2) is 3.54. The number of hydrogen-bond acceptors (Lipinski definition) is 0. The number of rotatable bonds is 1. The molecule has 72 valence electrons. The van der Waals surface area contributed by atoms with Crippen LogP contribution in [0.25, 0.3) is 0 Å². The van der Waals surface area contributed by atoms with Gasteiger partial charge >= 0.3 is 0 Å². The highest BCUT2D eigenvalue weighted by Gasteiger charge is 2.21. The molecule has 0 atom stereocenters. The summed E-state index contributed by atoms with van der Waals surface area (Å²) in [6.45, 7) is 1.14. The van der Waals surface area contributed by atoms with Crippen LogP contribution < -0.4 is 0 Å². The summed E-state index contributed by atoms with van der Waals surface area (Å²) >= 11 is 5.24.